The Morgan fingerprint density at radius 2 is 2.00 bits per heavy atom. The van der Waals surface area contributed by atoms with Gasteiger partial charge in [-0.15, -0.1) is 0 Å². The second kappa shape index (κ2) is 4.27. The summed E-state index contributed by atoms with van der Waals surface area (Å²) in [6.07, 6.45) is 9.91. The lowest BCUT2D eigenvalue weighted by molar-refractivity contribution is -0.134. The van der Waals surface area contributed by atoms with Crippen molar-refractivity contribution in [3.63, 3.8) is 0 Å². The highest BCUT2D eigenvalue weighted by molar-refractivity contribution is 5.89. The van der Waals surface area contributed by atoms with Crippen molar-refractivity contribution in [2.75, 3.05) is 6.54 Å². The smallest absolute Gasteiger partial charge is 0.244 e. The number of nitrogens with one attached hydrogen (secondary N) is 1. The van der Waals surface area contributed by atoms with Crippen LogP contribution in [0.2, 0.25) is 0 Å². The molecular weight excluding hydrogens is 212 g/mol. The highest BCUT2D eigenvalue weighted by Crippen LogP contribution is 2.38. The van der Waals surface area contributed by atoms with Gasteiger partial charge in [-0.3, -0.25) is 10.1 Å². The van der Waals surface area contributed by atoms with Gasteiger partial charge in [-0.05, 0) is 38.0 Å². The van der Waals surface area contributed by atoms with Crippen molar-refractivity contribution < 1.29 is 4.79 Å². The maximum atomic E-state index is 12.6. The molecule has 0 aromatic heterocycles. The minimum Gasteiger partial charge on any atom is -0.325 e. The van der Waals surface area contributed by atoms with E-state index >= 15 is 0 Å². The molecular formula is C14H24N2O. The van der Waals surface area contributed by atoms with Gasteiger partial charge in [-0.2, -0.15) is 0 Å². The van der Waals surface area contributed by atoms with Crippen LogP contribution in [0.3, 0.4) is 0 Å². The first kappa shape index (κ1) is 11.5. The van der Waals surface area contributed by atoms with E-state index in [-0.39, 0.29) is 5.54 Å². The Bertz CT molecular complexity index is 305. The standard InChI is InChI=1S/C14H24N2O/c1-2-12-15-14(8-3-4-9-14)13(17)16(12)10-11-6-5-7-11/h11-12,15H,2-10H2,1H3. The van der Waals surface area contributed by atoms with Crippen molar-refractivity contribution in [3.8, 4) is 0 Å². The topological polar surface area (TPSA) is 32.3 Å². The maximum absolute atomic E-state index is 12.6. The lowest BCUT2D eigenvalue weighted by Gasteiger charge is -2.32. The number of hydrogen-bond donors (Lipinski definition) is 1. The molecule has 3 aliphatic rings. The van der Waals surface area contributed by atoms with Crippen molar-refractivity contribution in [2.45, 2.75) is 70.0 Å². The Morgan fingerprint density at radius 1 is 1.29 bits per heavy atom. The van der Waals surface area contributed by atoms with Crippen LogP contribution < -0.4 is 5.32 Å². The van der Waals surface area contributed by atoms with E-state index in [0.717, 1.165) is 31.7 Å². The Labute approximate surface area is 104 Å². The first-order valence-corrected chi connectivity index (χ1v) is 7.34. The molecule has 1 unspecified atom stereocenters. The molecule has 2 saturated carbocycles. The molecule has 0 aromatic carbocycles. The molecule has 96 valence electrons. The first-order chi connectivity index (χ1) is 8.25. The van der Waals surface area contributed by atoms with E-state index in [1.807, 2.05) is 0 Å². The third-order valence-electron chi connectivity index (χ3n) is 5.01. The van der Waals surface area contributed by atoms with Gasteiger partial charge in [0.05, 0.1) is 11.7 Å². The van der Waals surface area contributed by atoms with Crippen molar-refractivity contribution >= 4 is 5.91 Å². The molecule has 2 aliphatic carbocycles. The van der Waals surface area contributed by atoms with Crippen molar-refractivity contribution in [2.24, 2.45) is 5.92 Å². The van der Waals surface area contributed by atoms with Gasteiger partial charge < -0.3 is 4.90 Å². The predicted octanol–water partition coefficient (Wildman–Crippen LogP) is 2.27. The molecule has 3 fully saturated rings. The van der Waals surface area contributed by atoms with Crippen LogP contribution in [0.15, 0.2) is 0 Å². The van der Waals surface area contributed by atoms with Crippen LogP contribution in [-0.2, 0) is 4.79 Å². The van der Waals surface area contributed by atoms with E-state index in [1.165, 1.54) is 32.1 Å². The van der Waals surface area contributed by atoms with E-state index < -0.39 is 0 Å². The SMILES string of the molecule is CCC1NC2(CCCC2)C(=O)N1CC1CCC1. The van der Waals surface area contributed by atoms with Gasteiger partial charge in [0.1, 0.15) is 0 Å². The van der Waals surface area contributed by atoms with E-state index in [9.17, 15) is 4.79 Å². The van der Waals surface area contributed by atoms with Gasteiger partial charge in [0.2, 0.25) is 5.91 Å². The second-order valence-corrected chi connectivity index (χ2v) is 6.11. The van der Waals surface area contributed by atoms with Gasteiger partial charge in [0.15, 0.2) is 0 Å². The van der Waals surface area contributed by atoms with Crippen LogP contribution in [0.1, 0.15) is 58.3 Å². The predicted molar refractivity (Wildman–Crippen MR) is 67.5 cm³/mol. The van der Waals surface area contributed by atoms with Crippen LogP contribution in [0.25, 0.3) is 0 Å². The van der Waals surface area contributed by atoms with Gasteiger partial charge in [0.25, 0.3) is 0 Å². The van der Waals surface area contributed by atoms with Gasteiger partial charge in [0, 0.05) is 6.54 Å². The van der Waals surface area contributed by atoms with E-state index in [4.69, 9.17) is 0 Å². The summed E-state index contributed by atoms with van der Waals surface area (Å²) in [5.74, 6) is 1.19. The van der Waals surface area contributed by atoms with Crippen LogP contribution in [-0.4, -0.2) is 29.1 Å². The second-order valence-electron chi connectivity index (χ2n) is 6.11. The summed E-state index contributed by atoms with van der Waals surface area (Å²) in [5.41, 5.74) is -0.162. The van der Waals surface area contributed by atoms with Crippen LogP contribution in [0, 0.1) is 5.92 Å². The van der Waals surface area contributed by atoms with Gasteiger partial charge in [-0.1, -0.05) is 26.2 Å². The molecule has 1 atom stereocenters. The van der Waals surface area contributed by atoms with Crippen molar-refractivity contribution in [1.82, 2.24) is 10.2 Å². The Kier molecular flexibility index (Phi) is 2.89. The molecule has 0 radical (unpaired) electrons. The average molecular weight is 236 g/mol. The summed E-state index contributed by atoms with van der Waals surface area (Å²) in [6.45, 7) is 3.19. The fourth-order valence-electron chi connectivity index (χ4n) is 3.70. The van der Waals surface area contributed by atoms with Gasteiger partial charge >= 0.3 is 0 Å². The average Bonchev–Trinajstić information content (AvgIpc) is 2.83. The summed E-state index contributed by atoms with van der Waals surface area (Å²) in [5, 5.41) is 3.65. The molecule has 1 saturated heterocycles. The van der Waals surface area contributed by atoms with Crippen LogP contribution in [0.4, 0.5) is 0 Å². The summed E-state index contributed by atoms with van der Waals surface area (Å²) in [4.78, 5) is 14.8. The molecule has 3 nitrogen and oxygen atoms in total. The number of amides is 1. The maximum Gasteiger partial charge on any atom is 0.244 e. The summed E-state index contributed by atoms with van der Waals surface area (Å²) in [7, 11) is 0. The fraction of sp³-hybridized carbons (Fsp3) is 0.929. The summed E-state index contributed by atoms with van der Waals surface area (Å²) >= 11 is 0. The first-order valence-electron chi connectivity index (χ1n) is 7.34. The zero-order valence-corrected chi connectivity index (χ0v) is 10.9. The van der Waals surface area contributed by atoms with Gasteiger partial charge in [-0.25, -0.2) is 0 Å². The molecule has 1 aliphatic heterocycles. The third kappa shape index (κ3) is 1.79. The molecule has 1 spiro atoms. The molecule has 3 heteroatoms. The molecule has 3 rings (SSSR count). The lowest BCUT2D eigenvalue weighted by Crippen LogP contribution is -2.44. The summed E-state index contributed by atoms with van der Waals surface area (Å²) < 4.78 is 0. The largest absolute Gasteiger partial charge is 0.325 e. The Balaban J connectivity index is 1.74. The molecule has 1 N–H and O–H groups in total. The normalized spacial score (nSPS) is 32.4. The fourth-order valence-corrected chi connectivity index (χ4v) is 3.70. The van der Waals surface area contributed by atoms with E-state index in [1.54, 1.807) is 0 Å². The highest BCUT2D eigenvalue weighted by Gasteiger charge is 2.51. The quantitative estimate of drug-likeness (QED) is 0.815. The minimum atomic E-state index is -0.162. The third-order valence-corrected chi connectivity index (χ3v) is 5.01. The number of rotatable bonds is 3. The minimum absolute atomic E-state index is 0.162. The summed E-state index contributed by atoms with van der Waals surface area (Å²) in [6, 6.07) is 0. The Morgan fingerprint density at radius 3 is 2.53 bits per heavy atom. The monoisotopic (exact) mass is 236 g/mol. The van der Waals surface area contributed by atoms with Crippen molar-refractivity contribution in [3.05, 3.63) is 0 Å². The molecule has 17 heavy (non-hydrogen) atoms. The molecule has 1 heterocycles. The molecule has 0 aromatic rings. The number of nitrogens with zero attached hydrogens (tertiary/aromatic N) is 1. The number of carbonyl (C=O) groups excluding carboxylic acids is 1. The van der Waals surface area contributed by atoms with Crippen LogP contribution >= 0.6 is 0 Å². The molecule has 0 bridgehead atoms. The van der Waals surface area contributed by atoms with E-state index in [2.05, 4.69) is 17.1 Å². The van der Waals surface area contributed by atoms with Crippen LogP contribution in [0.5, 0.6) is 0 Å². The Hall–Kier alpha value is -0.570. The lowest BCUT2D eigenvalue weighted by atomic mass is 9.85. The zero-order chi connectivity index (χ0) is 11.9. The zero-order valence-electron chi connectivity index (χ0n) is 10.9. The number of hydrogen-bond acceptors (Lipinski definition) is 2. The molecule has 1 amide bonds. The van der Waals surface area contributed by atoms with E-state index in [0.29, 0.717) is 12.1 Å². The van der Waals surface area contributed by atoms with Crippen molar-refractivity contribution in [1.29, 1.82) is 0 Å². The number of carbonyl (C=O) groups is 1. The highest BCUT2D eigenvalue weighted by atomic mass is 16.2.